The van der Waals surface area contributed by atoms with E-state index in [9.17, 15) is 10.1 Å². The topological polar surface area (TPSA) is 75.0 Å². The minimum Gasteiger partial charge on any atom is -0.497 e. The molecule has 0 fully saturated rings. The number of nitriles is 1. The van der Waals surface area contributed by atoms with Crippen LogP contribution in [0.3, 0.4) is 0 Å². The number of benzene rings is 2. The zero-order valence-electron chi connectivity index (χ0n) is 16.8. The van der Waals surface area contributed by atoms with Crippen LogP contribution in [-0.2, 0) is 4.79 Å². The largest absolute Gasteiger partial charge is 0.497 e. The van der Waals surface area contributed by atoms with E-state index < -0.39 is 0 Å². The molecular formula is C24H19N3O2S2. The summed E-state index contributed by atoms with van der Waals surface area (Å²) >= 11 is 2.90. The number of amides is 1. The van der Waals surface area contributed by atoms with Gasteiger partial charge in [-0.3, -0.25) is 4.79 Å². The summed E-state index contributed by atoms with van der Waals surface area (Å²) in [4.78, 5) is 17.1. The van der Waals surface area contributed by atoms with Gasteiger partial charge in [-0.2, -0.15) is 5.26 Å². The monoisotopic (exact) mass is 445 g/mol. The van der Waals surface area contributed by atoms with Gasteiger partial charge in [-0.25, -0.2) is 4.98 Å². The van der Waals surface area contributed by atoms with Crippen LogP contribution >= 0.6 is 23.1 Å². The number of hydrogen-bond donors (Lipinski definition) is 1. The average Bonchev–Trinajstić information content (AvgIpc) is 3.21. The molecule has 31 heavy (non-hydrogen) atoms. The minimum absolute atomic E-state index is 0.118. The number of pyridine rings is 1. The number of methoxy groups -OCH3 is 1. The number of hydrogen-bond acceptors (Lipinski definition) is 6. The van der Waals surface area contributed by atoms with E-state index in [1.807, 2.05) is 66.0 Å². The standard InChI is InChI=1S/C24H19N3O2S2/c1-29-18-9-6-16(7-10-18)20-15-31-24(19(20)14-25)27-22(28)12-13-30-23-11-8-17-4-2-3-5-21(17)26-23/h2-11,15H,12-13H2,1H3,(H,27,28). The Labute approximate surface area is 188 Å². The molecule has 0 spiro atoms. The number of thioether (sulfide) groups is 1. The number of nitrogens with zero attached hydrogens (tertiary/aromatic N) is 2. The fourth-order valence-corrected chi connectivity index (χ4v) is 4.87. The number of rotatable bonds is 7. The number of fused-ring (bicyclic) bond motifs is 1. The molecule has 0 unspecified atom stereocenters. The Morgan fingerprint density at radius 2 is 1.97 bits per heavy atom. The Hall–Kier alpha value is -3.34. The highest BCUT2D eigenvalue weighted by Crippen LogP contribution is 2.35. The molecule has 0 aliphatic heterocycles. The number of anilines is 1. The molecule has 2 heterocycles. The third-order valence-corrected chi connectivity index (χ3v) is 6.54. The highest BCUT2D eigenvalue weighted by atomic mass is 32.2. The second kappa shape index (κ2) is 9.65. The molecule has 4 rings (SSSR count). The van der Waals surface area contributed by atoms with Gasteiger partial charge in [0.1, 0.15) is 16.8 Å². The quantitative estimate of drug-likeness (QED) is 0.355. The van der Waals surface area contributed by atoms with Crippen LogP contribution in [0.15, 0.2) is 71.1 Å². The van der Waals surface area contributed by atoms with Crippen molar-refractivity contribution in [1.82, 2.24) is 4.98 Å². The van der Waals surface area contributed by atoms with Gasteiger partial charge in [-0.15, -0.1) is 23.1 Å². The maximum atomic E-state index is 12.4. The van der Waals surface area contributed by atoms with E-state index >= 15 is 0 Å². The normalized spacial score (nSPS) is 10.6. The molecule has 2 aromatic heterocycles. The van der Waals surface area contributed by atoms with Crippen LogP contribution in [0.2, 0.25) is 0 Å². The maximum Gasteiger partial charge on any atom is 0.225 e. The fourth-order valence-electron chi connectivity index (χ4n) is 3.11. The minimum atomic E-state index is -0.118. The van der Waals surface area contributed by atoms with Crippen LogP contribution in [0.4, 0.5) is 5.00 Å². The van der Waals surface area contributed by atoms with E-state index in [-0.39, 0.29) is 5.91 Å². The molecule has 0 saturated heterocycles. The lowest BCUT2D eigenvalue weighted by molar-refractivity contribution is -0.115. The van der Waals surface area contributed by atoms with E-state index in [0.717, 1.165) is 32.8 Å². The predicted molar refractivity (Wildman–Crippen MR) is 127 cm³/mol. The summed E-state index contributed by atoms with van der Waals surface area (Å²) < 4.78 is 5.18. The Morgan fingerprint density at radius 3 is 2.74 bits per heavy atom. The van der Waals surface area contributed by atoms with Gasteiger partial charge in [-0.05, 0) is 29.8 Å². The van der Waals surface area contributed by atoms with Gasteiger partial charge < -0.3 is 10.1 Å². The third kappa shape index (κ3) is 4.88. The van der Waals surface area contributed by atoms with Crippen molar-refractivity contribution in [3.8, 4) is 22.9 Å². The van der Waals surface area contributed by atoms with Crippen LogP contribution in [-0.4, -0.2) is 23.8 Å². The first-order valence-electron chi connectivity index (χ1n) is 9.62. The highest BCUT2D eigenvalue weighted by Gasteiger charge is 2.15. The third-order valence-electron chi connectivity index (χ3n) is 4.71. The van der Waals surface area contributed by atoms with Crippen LogP contribution in [0, 0.1) is 11.3 Å². The van der Waals surface area contributed by atoms with Gasteiger partial charge >= 0.3 is 0 Å². The second-order valence-corrected chi connectivity index (χ2v) is 8.68. The SMILES string of the molecule is COc1ccc(-c2csc(NC(=O)CCSc3ccc4ccccc4n3)c2C#N)cc1. The summed E-state index contributed by atoms with van der Waals surface area (Å²) in [5, 5.41) is 17.0. The summed E-state index contributed by atoms with van der Waals surface area (Å²) in [7, 11) is 1.61. The van der Waals surface area contributed by atoms with Crippen molar-refractivity contribution in [3.63, 3.8) is 0 Å². The Bertz CT molecular complexity index is 1260. The van der Waals surface area contributed by atoms with Gasteiger partial charge in [0.25, 0.3) is 0 Å². The number of para-hydroxylation sites is 1. The van der Waals surface area contributed by atoms with Gasteiger partial charge in [0, 0.05) is 28.5 Å². The van der Waals surface area contributed by atoms with Gasteiger partial charge in [0.05, 0.1) is 23.2 Å². The number of thiophene rings is 1. The van der Waals surface area contributed by atoms with Crippen LogP contribution < -0.4 is 10.1 Å². The number of ether oxygens (including phenoxy) is 1. The summed E-state index contributed by atoms with van der Waals surface area (Å²) in [6.45, 7) is 0. The van der Waals surface area contributed by atoms with Crippen LogP contribution in [0.5, 0.6) is 5.75 Å². The van der Waals surface area contributed by atoms with Gasteiger partial charge in [0.2, 0.25) is 5.91 Å². The molecule has 0 atom stereocenters. The summed E-state index contributed by atoms with van der Waals surface area (Å²) in [6.07, 6.45) is 0.333. The molecule has 4 aromatic rings. The molecule has 1 N–H and O–H groups in total. The van der Waals surface area contributed by atoms with Crippen molar-refractivity contribution < 1.29 is 9.53 Å². The fraction of sp³-hybridized carbons (Fsp3) is 0.125. The van der Waals surface area contributed by atoms with E-state index in [2.05, 4.69) is 16.4 Å². The summed E-state index contributed by atoms with van der Waals surface area (Å²) in [6, 6.07) is 21.7. The molecule has 0 aliphatic carbocycles. The molecule has 154 valence electrons. The highest BCUT2D eigenvalue weighted by molar-refractivity contribution is 7.99. The molecule has 0 radical (unpaired) electrons. The Balaban J connectivity index is 1.37. The molecule has 2 aromatic carbocycles. The number of carbonyl (C=O) groups excluding carboxylic acids is 1. The first kappa shape index (κ1) is 20.9. The average molecular weight is 446 g/mol. The van der Waals surface area contributed by atoms with Gasteiger partial charge in [-0.1, -0.05) is 36.4 Å². The maximum absolute atomic E-state index is 12.4. The number of carbonyl (C=O) groups is 1. The van der Waals surface area contributed by atoms with E-state index in [4.69, 9.17) is 4.74 Å². The van der Waals surface area contributed by atoms with Crippen molar-refractivity contribution >= 4 is 44.9 Å². The second-order valence-electron chi connectivity index (χ2n) is 6.68. The summed E-state index contributed by atoms with van der Waals surface area (Å²) in [5.74, 6) is 1.24. The van der Waals surface area contributed by atoms with Crippen molar-refractivity contribution in [3.05, 3.63) is 71.6 Å². The van der Waals surface area contributed by atoms with E-state index in [1.54, 1.807) is 18.9 Å². The molecule has 7 heteroatoms. The van der Waals surface area contributed by atoms with Crippen molar-refractivity contribution in [1.29, 1.82) is 5.26 Å². The Morgan fingerprint density at radius 1 is 1.16 bits per heavy atom. The first-order chi connectivity index (χ1) is 15.2. The lowest BCUT2D eigenvalue weighted by Crippen LogP contribution is -2.12. The summed E-state index contributed by atoms with van der Waals surface area (Å²) in [5.41, 5.74) is 3.14. The molecular weight excluding hydrogens is 426 g/mol. The smallest absolute Gasteiger partial charge is 0.225 e. The van der Waals surface area contributed by atoms with E-state index in [1.165, 1.54) is 11.3 Å². The first-order valence-corrected chi connectivity index (χ1v) is 11.5. The van der Waals surface area contributed by atoms with Crippen molar-refractivity contribution in [2.24, 2.45) is 0 Å². The lowest BCUT2D eigenvalue weighted by Gasteiger charge is -2.05. The van der Waals surface area contributed by atoms with Gasteiger partial charge in [0.15, 0.2) is 0 Å². The number of nitrogens with one attached hydrogen (secondary N) is 1. The molecule has 0 aliphatic rings. The molecule has 0 bridgehead atoms. The van der Waals surface area contributed by atoms with E-state index in [0.29, 0.717) is 22.7 Å². The van der Waals surface area contributed by atoms with Crippen LogP contribution in [0.25, 0.3) is 22.0 Å². The number of aromatic nitrogens is 1. The van der Waals surface area contributed by atoms with Crippen LogP contribution in [0.1, 0.15) is 12.0 Å². The van der Waals surface area contributed by atoms with Crippen molar-refractivity contribution in [2.75, 3.05) is 18.2 Å². The predicted octanol–water partition coefficient (Wildman–Crippen LogP) is 5.96. The zero-order chi connectivity index (χ0) is 21.6. The van der Waals surface area contributed by atoms with Crippen molar-refractivity contribution in [2.45, 2.75) is 11.4 Å². The molecule has 0 saturated carbocycles. The zero-order valence-corrected chi connectivity index (χ0v) is 18.4. The Kier molecular flexibility index (Phi) is 6.51. The molecule has 5 nitrogen and oxygen atoms in total. The molecule has 1 amide bonds. The lowest BCUT2D eigenvalue weighted by atomic mass is 10.0.